The van der Waals surface area contributed by atoms with Gasteiger partial charge in [-0.2, -0.15) is 0 Å². The average molecular weight is 357 g/mol. The number of Topliss-reactive ketones (excluding diaryl/α,β-unsaturated/α-hetero) is 1. The Morgan fingerprint density at radius 1 is 0.885 bits per heavy atom. The lowest BCUT2D eigenvalue weighted by Crippen LogP contribution is -2.36. The Balaban J connectivity index is 1.59. The first-order chi connectivity index (χ1) is 12.8. The molecule has 3 aromatic carbocycles. The third-order valence-electron chi connectivity index (χ3n) is 4.39. The fourth-order valence-corrected chi connectivity index (χ4v) is 4.38. The molecule has 0 bridgehead atoms. The Kier molecular flexibility index (Phi) is 4.89. The summed E-state index contributed by atoms with van der Waals surface area (Å²) in [5.41, 5.74) is 3.05. The van der Waals surface area contributed by atoms with Crippen molar-refractivity contribution in [2.75, 3.05) is 11.4 Å². The van der Waals surface area contributed by atoms with E-state index in [9.17, 15) is 4.79 Å². The molecule has 1 aliphatic heterocycles. The van der Waals surface area contributed by atoms with Crippen LogP contribution in [0.4, 0.5) is 5.69 Å². The van der Waals surface area contributed by atoms with Crippen LogP contribution in [0.1, 0.15) is 15.9 Å². The highest BCUT2D eigenvalue weighted by Gasteiger charge is 2.34. The largest absolute Gasteiger partial charge is 0.348 e. The van der Waals surface area contributed by atoms with Crippen molar-refractivity contribution in [3.05, 3.63) is 102 Å². The van der Waals surface area contributed by atoms with Crippen LogP contribution in [-0.4, -0.2) is 17.7 Å². The SMILES string of the molecule is O=C(c1ccccc1)C1Sc2ccccc2N1CC=Cc1ccccc1. The predicted molar refractivity (Wildman–Crippen MR) is 110 cm³/mol. The summed E-state index contributed by atoms with van der Waals surface area (Å²) in [5, 5.41) is -0.227. The van der Waals surface area contributed by atoms with E-state index in [4.69, 9.17) is 0 Å². The molecule has 26 heavy (non-hydrogen) atoms. The van der Waals surface area contributed by atoms with E-state index in [0.29, 0.717) is 6.54 Å². The molecule has 0 saturated heterocycles. The van der Waals surface area contributed by atoms with Gasteiger partial charge in [-0.3, -0.25) is 4.79 Å². The van der Waals surface area contributed by atoms with E-state index in [2.05, 4.69) is 41.3 Å². The molecule has 2 nitrogen and oxygen atoms in total. The number of ketones is 1. The molecule has 0 aromatic heterocycles. The molecule has 1 unspecified atom stereocenters. The Bertz CT molecular complexity index is 921. The molecule has 0 amide bonds. The Morgan fingerprint density at radius 2 is 1.54 bits per heavy atom. The van der Waals surface area contributed by atoms with Crippen LogP contribution >= 0.6 is 11.8 Å². The molecule has 4 rings (SSSR count). The molecule has 0 saturated carbocycles. The summed E-state index contributed by atoms with van der Waals surface area (Å²) < 4.78 is 0. The van der Waals surface area contributed by atoms with Crippen LogP contribution in [0.2, 0.25) is 0 Å². The Hall–Kier alpha value is -2.78. The van der Waals surface area contributed by atoms with E-state index in [1.165, 1.54) is 5.56 Å². The summed E-state index contributed by atoms with van der Waals surface area (Å²) >= 11 is 1.64. The van der Waals surface area contributed by atoms with Crippen LogP contribution in [-0.2, 0) is 0 Å². The van der Waals surface area contributed by atoms with Crippen molar-refractivity contribution >= 4 is 29.3 Å². The minimum atomic E-state index is -0.227. The van der Waals surface area contributed by atoms with Crippen molar-refractivity contribution in [1.29, 1.82) is 0 Å². The number of hydrogen-bond donors (Lipinski definition) is 0. The summed E-state index contributed by atoms with van der Waals surface area (Å²) in [7, 11) is 0. The van der Waals surface area contributed by atoms with E-state index in [1.54, 1.807) is 11.8 Å². The maximum absolute atomic E-state index is 13.1. The number of anilines is 1. The summed E-state index contributed by atoms with van der Waals surface area (Å²) in [6, 6.07) is 28.0. The van der Waals surface area contributed by atoms with Gasteiger partial charge >= 0.3 is 0 Å². The van der Waals surface area contributed by atoms with Crippen molar-refractivity contribution in [2.24, 2.45) is 0 Å². The van der Waals surface area contributed by atoms with Gasteiger partial charge in [-0.15, -0.1) is 0 Å². The van der Waals surface area contributed by atoms with Crippen LogP contribution in [0.3, 0.4) is 0 Å². The van der Waals surface area contributed by atoms with E-state index < -0.39 is 0 Å². The molecule has 0 N–H and O–H groups in total. The van der Waals surface area contributed by atoms with E-state index in [1.807, 2.05) is 60.7 Å². The molecule has 128 valence electrons. The smallest absolute Gasteiger partial charge is 0.195 e. The third kappa shape index (κ3) is 3.44. The van der Waals surface area contributed by atoms with Crippen molar-refractivity contribution in [3.63, 3.8) is 0 Å². The number of hydrogen-bond acceptors (Lipinski definition) is 3. The zero-order valence-electron chi connectivity index (χ0n) is 14.3. The zero-order valence-corrected chi connectivity index (χ0v) is 15.1. The fraction of sp³-hybridized carbons (Fsp3) is 0.0870. The minimum Gasteiger partial charge on any atom is -0.348 e. The Morgan fingerprint density at radius 3 is 2.31 bits per heavy atom. The van der Waals surface area contributed by atoms with Gasteiger partial charge < -0.3 is 4.90 Å². The fourth-order valence-electron chi connectivity index (χ4n) is 3.10. The first-order valence-corrected chi connectivity index (χ1v) is 9.54. The van der Waals surface area contributed by atoms with Gasteiger partial charge in [-0.05, 0) is 17.7 Å². The number of thioether (sulfide) groups is 1. The number of benzene rings is 3. The lowest BCUT2D eigenvalue weighted by atomic mass is 10.1. The van der Waals surface area contributed by atoms with Gasteiger partial charge in [0.15, 0.2) is 5.78 Å². The van der Waals surface area contributed by atoms with E-state index >= 15 is 0 Å². The molecule has 0 radical (unpaired) electrons. The molecule has 1 heterocycles. The molecule has 0 spiro atoms. The van der Waals surface area contributed by atoms with Gasteiger partial charge in [0.25, 0.3) is 0 Å². The molecular formula is C23H19NOS. The van der Waals surface area contributed by atoms with Gasteiger partial charge in [-0.1, -0.05) is 96.7 Å². The first kappa shape index (κ1) is 16.7. The van der Waals surface area contributed by atoms with Gasteiger partial charge in [0.05, 0.1) is 5.69 Å². The summed E-state index contributed by atoms with van der Waals surface area (Å²) in [6.07, 6.45) is 4.24. The normalized spacial score (nSPS) is 16.0. The van der Waals surface area contributed by atoms with Gasteiger partial charge in [-0.25, -0.2) is 0 Å². The van der Waals surface area contributed by atoms with E-state index in [0.717, 1.165) is 16.1 Å². The first-order valence-electron chi connectivity index (χ1n) is 8.66. The average Bonchev–Trinajstić information content (AvgIpc) is 3.08. The summed E-state index contributed by atoms with van der Waals surface area (Å²) in [5.74, 6) is 0.153. The molecule has 3 aromatic rings. The maximum Gasteiger partial charge on any atom is 0.195 e. The highest BCUT2D eigenvalue weighted by molar-refractivity contribution is 8.01. The van der Waals surface area contributed by atoms with Crippen LogP contribution in [0, 0.1) is 0 Å². The maximum atomic E-state index is 13.1. The van der Waals surface area contributed by atoms with Crippen molar-refractivity contribution in [1.82, 2.24) is 0 Å². The van der Waals surface area contributed by atoms with Gasteiger partial charge in [0.2, 0.25) is 0 Å². The second-order valence-corrected chi connectivity index (χ2v) is 7.26. The standard InChI is InChI=1S/C23H19NOS/c25-22(19-13-5-2-6-14-19)23-24(20-15-7-8-16-21(20)26-23)17-9-12-18-10-3-1-4-11-18/h1-16,23H,17H2. The van der Waals surface area contributed by atoms with Crippen molar-refractivity contribution in [2.45, 2.75) is 10.3 Å². The molecular weight excluding hydrogens is 338 g/mol. The van der Waals surface area contributed by atoms with Gasteiger partial charge in [0, 0.05) is 17.0 Å². The summed E-state index contributed by atoms with van der Waals surface area (Å²) in [6.45, 7) is 0.697. The van der Waals surface area contributed by atoms with Crippen LogP contribution in [0.25, 0.3) is 6.08 Å². The van der Waals surface area contributed by atoms with Crippen LogP contribution < -0.4 is 4.90 Å². The number of fused-ring (bicyclic) bond motifs is 1. The zero-order chi connectivity index (χ0) is 17.8. The van der Waals surface area contributed by atoms with Crippen LogP contribution in [0.15, 0.2) is 95.9 Å². The Labute approximate surface area is 158 Å². The predicted octanol–water partition coefficient (Wildman–Crippen LogP) is 5.52. The number of para-hydroxylation sites is 1. The monoisotopic (exact) mass is 357 g/mol. The second kappa shape index (κ2) is 7.63. The van der Waals surface area contributed by atoms with Crippen LogP contribution in [0.5, 0.6) is 0 Å². The number of carbonyl (C=O) groups excluding carboxylic acids is 1. The minimum absolute atomic E-state index is 0.153. The topological polar surface area (TPSA) is 20.3 Å². The second-order valence-electron chi connectivity index (χ2n) is 6.13. The molecule has 3 heteroatoms. The van der Waals surface area contributed by atoms with Crippen molar-refractivity contribution < 1.29 is 4.79 Å². The lowest BCUT2D eigenvalue weighted by molar-refractivity contribution is 0.0989. The quantitative estimate of drug-likeness (QED) is 0.561. The van der Waals surface area contributed by atoms with Crippen molar-refractivity contribution in [3.8, 4) is 0 Å². The number of rotatable bonds is 5. The third-order valence-corrected chi connectivity index (χ3v) is 5.68. The molecule has 1 aliphatic rings. The van der Waals surface area contributed by atoms with E-state index in [-0.39, 0.29) is 11.2 Å². The molecule has 1 atom stereocenters. The summed E-state index contributed by atoms with van der Waals surface area (Å²) in [4.78, 5) is 16.4. The molecule has 0 fully saturated rings. The van der Waals surface area contributed by atoms with Gasteiger partial charge in [0.1, 0.15) is 5.37 Å². The highest BCUT2D eigenvalue weighted by atomic mass is 32.2. The number of nitrogens with zero attached hydrogens (tertiary/aromatic N) is 1. The number of carbonyl (C=O) groups is 1. The lowest BCUT2D eigenvalue weighted by Gasteiger charge is -2.24. The molecule has 0 aliphatic carbocycles. The highest BCUT2D eigenvalue weighted by Crippen LogP contribution is 2.44.